The summed E-state index contributed by atoms with van der Waals surface area (Å²) < 4.78 is 8.10. The summed E-state index contributed by atoms with van der Waals surface area (Å²) >= 11 is 1.60. The van der Waals surface area contributed by atoms with Crippen LogP contribution in [0.4, 0.5) is 0 Å². The Hall–Kier alpha value is -2.41. The lowest BCUT2D eigenvalue weighted by molar-refractivity contribution is 0.415. The van der Waals surface area contributed by atoms with Gasteiger partial charge in [0.1, 0.15) is 5.82 Å². The van der Waals surface area contributed by atoms with Crippen LogP contribution in [0.1, 0.15) is 61.9 Å². The van der Waals surface area contributed by atoms with E-state index in [9.17, 15) is 0 Å². The number of benzene rings is 1. The second kappa shape index (κ2) is 8.73. The molecular formula is C21H25N5OS. The number of rotatable bonds is 7. The van der Waals surface area contributed by atoms with Crippen LogP contribution in [0.15, 0.2) is 52.6 Å². The average molecular weight is 396 g/mol. The Kier molecular flexibility index (Phi) is 5.90. The van der Waals surface area contributed by atoms with E-state index in [4.69, 9.17) is 4.42 Å². The van der Waals surface area contributed by atoms with Gasteiger partial charge >= 0.3 is 0 Å². The number of thioether (sulfide) groups is 1. The average Bonchev–Trinajstić information content (AvgIpc) is 3.38. The lowest BCUT2D eigenvalue weighted by atomic mass is 9.89. The van der Waals surface area contributed by atoms with Crippen molar-refractivity contribution in [3.05, 3.63) is 54.7 Å². The maximum Gasteiger partial charge on any atom is 0.247 e. The van der Waals surface area contributed by atoms with Gasteiger partial charge in [0.15, 0.2) is 5.16 Å². The van der Waals surface area contributed by atoms with Crippen molar-refractivity contribution in [2.45, 2.75) is 61.9 Å². The fraction of sp³-hybridized carbons (Fsp3) is 0.429. The SMILES string of the molecule is C=CCn1c(S[C@@H](C)c2nnc(-c3ccccc3)o2)nnc1C1CCCCC1. The van der Waals surface area contributed by atoms with Crippen LogP contribution in [-0.2, 0) is 6.54 Å². The first-order valence-corrected chi connectivity index (χ1v) is 10.7. The van der Waals surface area contributed by atoms with E-state index >= 15 is 0 Å². The van der Waals surface area contributed by atoms with E-state index in [-0.39, 0.29) is 5.25 Å². The predicted molar refractivity (Wildman–Crippen MR) is 110 cm³/mol. The van der Waals surface area contributed by atoms with Crippen LogP contribution in [0.3, 0.4) is 0 Å². The molecule has 0 saturated heterocycles. The Labute approximate surface area is 169 Å². The van der Waals surface area contributed by atoms with Gasteiger partial charge in [-0.05, 0) is 31.9 Å². The molecule has 6 nitrogen and oxygen atoms in total. The third-order valence-corrected chi connectivity index (χ3v) is 6.19. The minimum atomic E-state index is -0.0167. The van der Waals surface area contributed by atoms with Gasteiger partial charge in [0, 0.05) is 18.0 Å². The predicted octanol–water partition coefficient (Wildman–Crippen LogP) is 5.42. The van der Waals surface area contributed by atoms with Crippen molar-refractivity contribution in [3.63, 3.8) is 0 Å². The molecule has 4 rings (SSSR count). The van der Waals surface area contributed by atoms with Crippen molar-refractivity contribution in [3.8, 4) is 11.5 Å². The zero-order valence-corrected chi connectivity index (χ0v) is 16.9. The van der Waals surface area contributed by atoms with Crippen LogP contribution in [0.5, 0.6) is 0 Å². The third-order valence-electron chi connectivity index (χ3n) is 5.12. The number of nitrogens with zero attached hydrogens (tertiary/aromatic N) is 5. The first kappa shape index (κ1) is 18.9. The van der Waals surface area contributed by atoms with Crippen molar-refractivity contribution in [2.75, 3.05) is 0 Å². The lowest BCUT2D eigenvalue weighted by Gasteiger charge is -2.21. The number of aromatic nitrogens is 5. The Morgan fingerprint density at radius 1 is 1.14 bits per heavy atom. The van der Waals surface area contributed by atoms with Crippen molar-refractivity contribution < 1.29 is 4.42 Å². The lowest BCUT2D eigenvalue weighted by Crippen LogP contribution is -2.12. The Morgan fingerprint density at radius 2 is 1.93 bits per heavy atom. The first-order valence-electron chi connectivity index (χ1n) is 9.85. The summed E-state index contributed by atoms with van der Waals surface area (Å²) in [6, 6.07) is 9.82. The van der Waals surface area contributed by atoms with Crippen LogP contribution >= 0.6 is 11.8 Å². The number of hydrogen-bond donors (Lipinski definition) is 0. The van der Waals surface area contributed by atoms with Crippen LogP contribution in [-0.4, -0.2) is 25.0 Å². The summed E-state index contributed by atoms with van der Waals surface area (Å²) in [6.07, 6.45) is 8.17. The zero-order chi connectivity index (χ0) is 19.3. The smallest absolute Gasteiger partial charge is 0.247 e. The Morgan fingerprint density at radius 3 is 2.68 bits per heavy atom. The minimum Gasteiger partial charge on any atom is -0.419 e. The molecule has 0 unspecified atom stereocenters. The van der Waals surface area contributed by atoms with Crippen LogP contribution < -0.4 is 0 Å². The fourth-order valence-corrected chi connectivity index (χ4v) is 4.55. The molecule has 0 aliphatic heterocycles. The molecular weight excluding hydrogens is 370 g/mol. The van der Waals surface area contributed by atoms with Crippen LogP contribution in [0, 0.1) is 0 Å². The molecule has 1 atom stereocenters. The van der Waals surface area contributed by atoms with Crippen LogP contribution in [0.2, 0.25) is 0 Å². The summed E-state index contributed by atoms with van der Waals surface area (Å²) in [6.45, 7) is 6.68. The number of hydrogen-bond acceptors (Lipinski definition) is 6. The monoisotopic (exact) mass is 395 g/mol. The van der Waals surface area contributed by atoms with E-state index in [1.807, 2.05) is 36.4 Å². The maximum atomic E-state index is 5.91. The number of allylic oxidation sites excluding steroid dienone is 1. The molecule has 1 aliphatic carbocycles. The van der Waals surface area contributed by atoms with E-state index in [0.717, 1.165) is 16.5 Å². The molecule has 3 aromatic rings. The second-order valence-electron chi connectivity index (χ2n) is 7.15. The maximum absolute atomic E-state index is 5.91. The highest BCUT2D eigenvalue weighted by molar-refractivity contribution is 7.99. The summed E-state index contributed by atoms with van der Waals surface area (Å²) in [4.78, 5) is 0. The van der Waals surface area contributed by atoms with Crippen molar-refractivity contribution in [1.29, 1.82) is 0 Å². The summed E-state index contributed by atoms with van der Waals surface area (Å²) in [5.74, 6) is 2.72. The van der Waals surface area contributed by atoms with Gasteiger partial charge in [-0.1, -0.05) is 55.3 Å². The fourth-order valence-electron chi connectivity index (χ4n) is 3.66. The van der Waals surface area contributed by atoms with E-state index in [1.54, 1.807) is 11.8 Å². The summed E-state index contributed by atoms with van der Waals surface area (Å²) in [5, 5.41) is 18.3. The first-order chi connectivity index (χ1) is 13.8. The van der Waals surface area contributed by atoms with Crippen LogP contribution in [0.25, 0.3) is 11.5 Å². The molecule has 1 aromatic carbocycles. The van der Waals surface area contributed by atoms with Gasteiger partial charge < -0.3 is 8.98 Å². The zero-order valence-electron chi connectivity index (χ0n) is 16.1. The normalized spacial score (nSPS) is 16.2. The molecule has 7 heteroatoms. The molecule has 2 aromatic heterocycles. The van der Waals surface area contributed by atoms with Gasteiger partial charge in [-0.2, -0.15) is 0 Å². The van der Waals surface area contributed by atoms with Gasteiger partial charge in [-0.15, -0.1) is 27.0 Å². The van der Waals surface area contributed by atoms with E-state index in [1.165, 1.54) is 32.1 Å². The quantitative estimate of drug-likeness (QED) is 0.393. The molecule has 0 N–H and O–H groups in total. The van der Waals surface area contributed by atoms with E-state index in [2.05, 4.69) is 38.5 Å². The molecule has 1 fully saturated rings. The summed E-state index contributed by atoms with van der Waals surface area (Å²) in [5.41, 5.74) is 0.924. The third kappa shape index (κ3) is 4.04. The molecule has 2 heterocycles. The van der Waals surface area contributed by atoms with Crippen molar-refractivity contribution in [1.82, 2.24) is 25.0 Å². The highest BCUT2D eigenvalue weighted by Crippen LogP contribution is 2.37. The van der Waals surface area contributed by atoms with E-state index in [0.29, 0.717) is 24.2 Å². The Bertz CT molecular complexity index is 914. The molecule has 1 aliphatic rings. The van der Waals surface area contributed by atoms with Crippen molar-refractivity contribution in [2.24, 2.45) is 0 Å². The highest BCUT2D eigenvalue weighted by Gasteiger charge is 2.25. The van der Waals surface area contributed by atoms with Gasteiger partial charge in [0.05, 0.1) is 5.25 Å². The van der Waals surface area contributed by atoms with Gasteiger partial charge in [-0.25, -0.2) is 0 Å². The molecule has 0 radical (unpaired) electrons. The van der Waals surface area contributed by atoms with E-state index < -0.39 is 0 Å². The molecule has 146 valence electrons. The molecule has 1 saturated carbocycles. The minimum absolute atomic E-state index is 0.0167. The second-order valence-corrected chi connectivity index (χ2v) is 8.45. The molecule has 0 spiro atoms. The molecule has 0 amide bonds. The largest absolute Gasteiger partial charge is 0.419 e. The molecule has 28 heavy (non-hydrogen) atoms. The Balaban J connectivity index is 1.53. The van der Waals surface area contributed by atoms with Gasteiger partial charge in [0.2, 0.25) is 11.8 Å². The molecule has 0 bridgehead atoms. The standard InChI is InChI=1S/C21H25N5OS/c1-3-14-26-18(16-10-6-4-7-11-16)22-25-21(26)28-15(2)19-23-24-20(27-19)17-12-8-5-9-13-17/h3,5,8-9,12-13,15-16H,1,4,6-7,10-11,14H2,2H3/t15-/m0/s1. The van der Waals surface area contributed by atoms with Gasteiger partial charge in [-0.3, -0.25) is 0 Å². The summed E-state index contributed by atoms with van der Waals surface area (Å²) in [7, 11) is 0. The highest BCUT2D eigenvalue weighted by atomic mass is 32.2. The van der Waals surface area contributed by atoms with Gasteiger partial charge in [0.25, 0.3) is 0 Å². The van der Waals surface area contributed by atoms with Crippen molar-refractivity contribution >= 4 is 11.8 Å². The topological polar surface area (TPSA) is 69.6 Å².